The Kier molecular flexibility index (Phi) is 4.18. The molecule has 136 valence electrons. The van der Waals surface area contributed by atoms with Crippen LogP contribution in [0.3, 0.4) is 0 Å². The SMILES string of the molecule is O=C(c1ccccc1)[C@H](Sc1n[nH]c2nc3ccccc3n12)c1ccccc1. The zero-order valence-electron chi connectivity index (χ0n) is 14.8. The molecule has 6 heteroatoms. The molecule has 0 fully saturated rings. The molecule has 0 unspecified atom stereocenters. The molecule has 0 aliphatic heterocycles. The van der Waals surface area contributed by atoms with Gasteiger partial charge in [-0.25, -0.2) is 10.1 Å². The van der Waals surface area contributed by atoms with Crippen LogP contribution in [0.2, 0.25) is 0 Å². The summed E-state index contributed by atoms with van der Waals surface area (Å²) in [7, 11) is 0. The number of nitrogens with one attached hydrogen (secondary N) is 1. The van der Waals surface area contributed by atoms with Gasteiger partial charge in [0.15, 0.2) is 10.9 Å². The van der Waals surface area contributed by atoms with Crippen molar-refractivity contribution in [2.75, 3.05) is 0 Å². The normalized spacial score (nSPS) is 12.4. The third-order valence-corrected chi connectivity index (χ3v) is 5.83. The second kappa shape index (κ2) is 6.98. The average Bonchev–Trinajstić information content (AvgIpc) is 3.32. The number of hydrogen-bond donors (Lipinski definition) is 1. The second-order valence-corrected chi connectivity index (χ2v) is 7.48. The van der Waals surface area contributed by atoms with Gasteiger partial charge in [0.25, 0.3) is 0 Å². The summed E-state index contributed by atoms with van der Waals surface area (Å²) in [6.07, 6.45) is 0. The average molecular weight is 384 g/mol. The van der Waals surface area contributed by atoms with Crippen LogP contribution in [0.25, 0.3) is 16.8 Å². The molecule has 0 saturated heterocycles. The number of nitrogens with zero attached hydrogens (tertiary/aromatic N) is 3. The van der Waals surface area contributed by atoms with Crippen molar-refractivity contribution < 1.29 is 4.79 Å². The van der Waals surface area contributed by atoms with Crippen LogP contribution in [-0.2, 0) is 0 Å². The van der Waals surface area contributed by atoms with Gasteiger partial charge >= 0.3 is 0 Å². The number of para-hydroxylation sites is 2. The molecule has 5 nitrogen and oxygen atoms in total. The fraction of sp³-hybridized carbons (Fsp3) is 0.0455. The summed E-state index contributed by atoms with van der Waals surface area (Å²) >= 11 is 1.43. The molecule has 1 N–H and O–H groups in total. The Labute approximate surface area is 165 Å². The van der Waals surface area contributed by atoms with Crippen LogP contribution >= 0.6 is 11.8 Å². The van der Waals surface area contributed by atoms with E-state index in [9.17, 15) is 4.79 Å². The maximum absolute atomic E-state index is 13.3. The quantitative estimate of drug-likeness (QED) is 0.345. The van der Waals surface area contributed by atoms with Gasteiger partial charge in [-0.3, -0.25) is 9.20 Å². The van der Waals surface area contributed by atoms with Gasteiger partial charge in [0, 0.05) is 5.56 Å². The highest BCUT2D eigenvalue weighted by Crippen LogP contribution is 2.37. The molecule has 1 atom stereocenters. The Morgan fingerprint density at radius 3 is 2.36 bits per heavy atom. The van der Waals surface area contributed by atoms with Crippen molar-refractivity contribution in [2.24, 2.45) is 0 Å². The predicted molar refractivity (Wildman–Crippen MR) is 111 cm³/mol. The molecule has 3 aromatic carbocycles. The first-order valence-electron chi connectivity index (χ1n) is 8.94. The van der Waals surface area contributed by atoms with E-state index in [1.807, 2.05) is 89.3 Å². The Bertz CT molecular complexity index is 1260. The van der Waals surface area contributed by atoms with E-state index >= 15 is 0 Å². The summed E-state index contributed by atoms with van der Waals surface area (Å²) in [5.74, 6) is 0.722. The molecular weight excluding hydrogens is 368 g/mol. The molecule has 5 aromatic rings. The van der Waals surface area contributed by atoms with E-state index in [-0.39, 0.29) is 5.78 Å². The van der Waals surface area contributed by atoms with Gasteiger partial charge in [0.1, 0.15) is 5.25 Å². The molecule has 0 aliphatic carbocycles. The molecular formula is C22H16N4OS. The van der Waals surface area contributed by atoms with E-state index in [0.717, 1.165) is 16.6 Å². The maximum atomic E-state index is 13.3. The molecule has 5 rings (SSSR count). The topological polar surface area (TPSA) is 63.0 Å². The van der Waals surface area contributed by atoms with Crippen LogP contribution in [0.1, 0.15) is 21.2 Å². The number of H-pyrrole nitrogens is 1. The van der Waals surface area contributed by atoms with Crippen LogP contribution in [0, 0.1) is 0 Å². The highest BCUT2D eigenvalue weighted by molar-refractivity contribution is 8.00. The lowest BCUT2D eigenvalue weighted by molar-refractivity contribution is 0.0989. The van der Waals surface area contributed by atoms with Crippen molar-refractivity contribution in [3.63, 3.8) is 0 Å². The number of carbonyl (C=O) groups excluding carboxylic acids is 1. The van der Waals surface area contributed by atoms with Crippen molar-refractivity contribution in [1.29, 1.82) is 0 Å². The fourth-order valence-corrected chi connectivity index (χ4v) is 4.42. The molecule has 2 heterocycles. The monoisotopic (exact) mass is 384 g/mol. The fourth-order valence-electron chi connectivity index (χ4n) is 3.28. The summed E-state index contributed by atoms with van der Waals surface area (Å²) in [5, 5.41) is 7.72. The lowest BCUT2D eigenvalue weighted by atomic mass is 10.0. The largest absolute Gasteiger partial charge is 0.293 e. The molecule has 0 spiro atoms. The molecule has 28 heavy (non-hydrogen) atoms. The Morgan fingerprint density at radius 2 is 1.57 bits per heavy atom. The smallest absolute Gasteiger partial charge is 0.231 e. The molecule has 0 amide bonds. The van der Waals surface area contributed by atoms with Crippen molar-refractivity contribution >= 4 is 34.4 Å². The lowest BCUT2D eigenvalue weighted by Gasteiger charge is -2.15. The van der Waals surface area contributed by atoms with Crippen molar-refractivity contribution in [3.8, 4) is 0 Å². The zero-order valence-corrected chi connectivity index (χ0v) is 15.6. The number of thioether (sulfide) groups is 1. The summed E-state index contributed by atoms with van der Waals surface area (Å²) in [5.41, 5.74) is 3.49. The number of benzene rings is 3. The second-order valence-electron chi connectivity index (χ2n) is 6.40. The molecule has 0 saturated carbocycles. The van der Waals surface area contributed by atoms with E-state index in [1.165, 1.54) is 11.8 Å². The van der Waals surface area contributed by atoms with E-state index < -0.39 is 5.25 Å². The summed E-state index contributed by atoms with van der Waals surface area (Å²) in [4.78, 5) is 17.9. The van der Waals surface area contributed by atoms with Crippen LogP contribution in [0.15, 0.2) is 90.1 Å². The molecule has 0 aliphatic rings. The van der Waals surface area contributed by atoms with Crippen molar-refractivity contribution in [2.45, 2.75) is 10.4 Å². The zero-order chi connectivity index (χ0) is 18.9. The van der Waals surface area contributed by atoms with E-state index in [0.29, 0.717) is 16.5 Å². The maximum Gasteiger partial charge on any atom is 0.231 e. The van der Waals surface area contributed by atoms with E-state index in [1.54, 1.807) is 0 Å². The number of fused-ring (bicyclic) bond motifs is 3. The van der Waals surface area contributed by atoms with E-state index in [2.05, 4.69) is 15.2 Å². The summed E-state index contributed by atoms with van der Waals surface area (Å²) < 4.78 is 1.97. The third-order valence-electron chi connectivity index (χ3n) is 4.63. The number of imidazole rings is 1. The minimum absolute atomic E-state index is 0.0531. The Balaban J connectivity index is 1.61. The number of ketones is 1. The van der Waals surface area contributed by atoms with Gasteiger partial charge in [0.2, 0.25) is 5.78 Å². The number of carbonyl (C=O) groups is 1. The van der Waals surface area contributed by atoms with Crippen LogP contribution < -0.4 is 0 Å². The molecule has 2 aromatic heterocycles. The minimum Gasteiger partial charge on any atom is -0.293 e. The van der Waals surface area contributed by atoms with Crippen molar-refractivity contribution in [1.82, 2.24) is 19.6 Å². The Hall–Kier alpha value is -3.38. The third kappa shape index (κ3) is 2.88. The first-order chi connectivity index (χ1) is 13.8. The van der Waals surface area contributed by atoms with Gasteiger partial charge < -0.3 is 0 Å². The number of hydrogen-bond acceptors (Lipinski definition) is 4. The highest BCUT2D eigenvalue weighted by atomic mass is 32.2. The molecule has 0 bridgehead atoms. The number of rotatable bonds is 5. The van der Waals surface area contributed by atoms with Crippen LogP contribution in [0.4, 0.5) is 0 Å². The number of aromatic nitrogens is 4. The lowest BCUT2D eigenvalue weighted by Crippen LogP contribution is -2.10. The minimum atomic E-state index is -0.406. The highest BCUT2D eigenvalue weighted by Gasteiger charge is 2.26. The van der Waals surface area contributed by atoms with Gasteiger partial charge in [-0.15, -0.1) is 5.10 Å². The number of aromatic amines is 1. The summed E-state index contributed by atoms with van der Waals surface area (Å²) in [6, 6.07) is 27.1. The first kappa shape index (κ1) is 16.8. The number of Topliss-reactive ketones (excluding diaryl/α,β-unsaturated/α-hetero) is 1. The van der Waals surface area contributed by atoms with Gasteiger partial charge in [-0.1, -0.05) is 84.6 Å². The Morgan fingerprint density at radius 1 is 0.893 bits per heavy atom. The predicted octanol–water partition coefficient (Wildman–Crippen LogP) is 4.93. The van der Waals surface area contributed by atoms with Gasteiger partial charge in [0.05, 0.1) is 11.0 Å². The summed E-state index contributed by atoms with van der Waals surface area (Å²) in [6.45, 7) is 0. The van der Waals surface area contributed by atoms with Gasteiger partial charge in [-0.05, 0) is 17.7 Å². The standard InChI is InChI=1S/C22H16N4OS/c27-19(15-9-3-1-4-10-15)20(16-11-5-2-6-12-16)28-22-25-24-21-23-17-13-7-8-14-18(17)26(21)22/h1-14,20H,(H,23,24)/t20-/m1/s1. The molecule has 0 radical (unpaired) electrons. The first-order valence-corrected chi connectivity index (χ1v) is 9.81. The van der Waals surface area contributed by atoms with Crippen LogP contribution in [-0.4, -0.2) is 25.4 Å². The van der Waals surface area contributed by atoms with Crippen molar-refractivity contribution in [3.05, 3.63) is 96.1 Å². The van der Waals surface area contributed by atoms with Gasteiger partial charge in [-0.2, -0.15) is 0 Å². The van der Waals surface area contributed by atoms with Crippen LogP contribution in [0.5, 0.6) is 0 Å². The van der Waals surface area contributed by atoms with E-state index in [4.69, 9.17) is 0 Å².